The molecule has 0 spiro atoms. The first kappa shape index (κ1) is 28.8. The zero-order valence-electron chi connectivity index (χ0n) is 24.1. The molecule has 1 aliphatic heterocycles. The van der Waals surface area contributed by atoms with Crippen molar-refractivity contribution in [2.24, 2.45) is 0 Å². The van der Waals surface area contributed by atoms with Crippen LogP contribution >= 0.6 is 11.3 Å². The van der Waals surface area contributed by atoms with Crippen LogP contribution in [0, 0.1) is 0 Å². The second kappa shape index (κ2) is 11.9. The molecule has 0 saturated carbocycles. The zero-order valence-corrected chi connectivity index (χ0v) is 25.8. The molecule has 4 rings (SSSR count). The van der Waals surface area contributed by atoms with Crippen LogP contribution in [0.25, 0.3) is 11.3 Å². The lowest BCUT2D eigenvalue weighted by molar-refractivity contribution is 0.526. The summed E-state index contributed by atoms with van der Waals surface area (Å²) in [6, 6.07) is 13.0. The van der Waals surface area contributed by atoms with Gasteiger partial charge in [-0.2, -0.15) is 0 Å². The second-order valence-electron chi connectivity index (χ2n) is 11.7. The maximum Gasteiger partial charge on any atom is 0.185 e. The lowest BCUT2D eigenvalue weighted by atomic mass is 9.89. The van der Waals surface area contributed by atoms with Crippen molar-refractivity contribution in [3.63, 3.8) is 0 Å². The van der Waals surface area contributed by atoms with Crippen LogP contribution in [0.2, 0.25) is 0 Å². The Hall–Kier alpha value is -2.18. The monoisotopic (exact) mass is 552 g/mol. The average molecular weight is 553 g/mol. The molecule has 6 heteroatoms. The summed E-state index contributed by atoms with van der Waals surface area (Å²) in [6.45, 7) is 16.4. The lowest BCUT2D eigenvalue weighted by Gasteiger charge is -2.33. The molecular weight excluding hydrogens is 508 g/mol. The minimum atomic E-state index is -3.45. The fourth-order valence-electron chi connectivity index (χ4n) is 5.42. The molecule has 1 saturated heterocycles. The Labute approximate surface area is 234 Å². The second-order valence-corrected chi connectivity index (χ2v) is 14.7. The largest absolute Gasteiger partial charge is 0.348 e. The fraction of sp³-hybridized carbons (Fsp3) is 0.531. The van der Waals surface area contributed by atoms with E-state index in [9.17, 15) is 8.42 Å². The third kappa shape index (κ3) is 6.02. The van der Waals surface area contributed by atoms with E-state index in [2.05, 4.69) is 95.1 Å². The summed E-state index contributed by atoms with van der Waals surface area (Å²) < 4.78 is 28.4. The van der Waals surface area contributed by atoms with Crippen LogP contribution in [0.4, 0.5) is 5.13 Å². The van der Waals surface area contributed by atoms with Crippen molar-refractivity contribution < 1.29 is 8.42 Å². The molecule has 1 aliphatic rings. The quantitative estimate of drug-likeness (QED) is 0.267. The minimum Gasteiger partial charge on any atom is -0.348 e. The van der Waals surface area contributed by atoms with Gasteiger partial charge in [0.15, 0.2) is 15.0 Å². The summed E-state index contributed by atoms with van der Waals surface area (Å²) >= 11 is 1.65. The molecule has 2 aromatic carbocycles. The van der Waals surface area contributed by atoms with Crippen LogP contribution in [-0.2, 0) is 16.3 Å². The predicted octanol–water partition coefficient (Wildman–Crippen LogP) is 8.58. The Morgan fingerprint density at radius 1 is 0.921 bits per heavy atom. The molecule has 4 nitrogen and oxygen atoms in total. The van der Waals surface area contributed by atoms with Crippen LogP contribution in [0.5, 0.6) is 0 Å². The Bertz CT molecular complexity index is 1300. The maximum absolute atomic E-state index is 14.2. The summed E-state index contributed by atoms with van der Waals surface area (Å²) in [5, 5.41) is 2.75. The number of thiazole rings is 1. The number of rotatable bonds is 9. The minimum absolute atomic E-state index is 0.154. The standard InChI is InChI=1S/C32H44N2O2S2/c1-8-9-24-10-12-25(13-11-24)30-20-37-32(33-30)34-16-14-27(15-17-34)38(35,36)31-28(22(4)5)18-26(21(2)3)19-29(31)23(6)7/h10-13,18-23,27H,8-9,14-17H2,1-7H3. The first-order chi connectivity index (χ1) is 18.0. The van der Waals surface area contributed by atoms with Crippen LogP contribution in [-0.4, -0.2) is 31.7 Å². The molecule has 206 valence electrons. The third-order valence-electron chi connectivity index (χ3n) is 7.80. The SMILES string of the molecule is CCCc1ccc(-c2csc(N3CCC(S(=O)(=O)c4c(C(C)C)cc(C(C)C)cc4C(C)C)CC3)n2)cc1. The average Bonchev–Trinajstić information content (AvgIpc) is 3.39. The van der Waals surface area contributed by atoms with Crippen LogP contribution in [0.3, 0.4) is 0 Å². The molecule has 0 N–H and O–H groups in total. The van der Waals surface area contributed by atoms with Crippen molar-refractivity contribution in [2.45, 2.75) is 102 Å². The molecular formula is C32H44N2O2S2. The molecule has 0 aliphatic carbocycles. The van der Waals surface area contributed by atoms with E-state index in [0.717, 1.165) is 40.4 Å². The molecule has 38 heavy (non-hydrogen) atoms. The highest BCUT2D eigenvalue weighted by Crippen LogP contribution is 2.39. The number of benzene rings is 2. The van der Waals surface area contributed by atoms with Crippen molar-refractivity contribution in [1.82, 2.24) is 4.98 Å². The van der Waals surface area contributed by atoms with E-state index in [1.54, 1.807) is 11.3 Å². The molecule has 0 atom stereocenters. The molecule has 1 aromatic heterocycles. The Morgan fingerprint density at radius 3 is 2.00 bits per heavy atom. The smallest absolute Gasteiger partial charge is 0.185 e. The summed E-state index contributed by atoms with van der Waals surface area (Å²) in [6.07, 6.45) is 3.50. The number of sulfone groups is 1. The number of piperidine rings is 1. The molecule has 0 radical (unpaired) electrons. The highest BCUT2D eigenvalue weighted by Gasteiger charge is 2.36. The van der Waals surface area contributed by atoms with Gasteiger partial charge in [-0.25, -0.2) is 13.4 Å². The number of aryl methyl sites for hydroxylation is 1. The molecule has 2 heterocycles. The van der Waals surface area contributed by atoms with E-state index < -0.39 is 9.84 Å². The topological polar surface area (TPSA) is 50.3 Å². The van der Waals surface area contributed by atoms with E-state index in [1.165, 1.54) is 11.1 Å². The summed E-state index contributed by atoms with van der Waals surface area (Å²) in [7, 11) is -3.45. The van der Waals surface area contributed by atoms with Crippen LogP contribution in [0.1, 0.15) is 108 Å². The molecule has 3 aromatic rings. The van der Waals surface area contributed by atoms with Gasteiger partial charge in [-0.05, 0) is 59.3 Å². The first-order valence-corrected chi connectivity index (χ1v) is 16.7. The van der Waals surface area contributed by atoms with Gasteiger partial charge < -0.3 is 4.90 Å². The maximum atomic E-state index is 14.2. The van der Waals surface area contributed by atoms with Gasteiger partial charge in [-0.15, -0.1) is 11.3 Å². The number of hydrogen-bond acceptors (Lipinski definition) is 5. The van der Waals surface area contributed by atoms with Gasteiger partial charge in [0.2, 0.25) is 0 Å². The first-order valence-electron chi connectivity index (χ1n) is 14.2. The van der Waals surface area contributed by atoms with Gasteiger partial charge in [0.25, 0.3) is 0 Å². The van der Waals surface area contributed by atoms with E-state index in [0.29, 0.717) is 36.7 Å². The Balaban J connectivity index is 1.54. The van der Waals surface area contributed by atoms with Gasteiger partial charge in [0.1, 0.15) is 0 Å². The van der Waals surface area contributed by atoms with E-state index in [4.69, 9.17) is 4.98 Å². The number of hydrogen-bond donors (Lipinski definition) is 0. The lowest BCUT2D eigenvalue weighted by Crippen LogP contribution is -2.39. The van der Waals surface area contributed by atoms with E-state index in [1.807, 2.05) is 0 Å². The zero-order chi connectivity index (χ0) is 27.6. The highest BCUT2D eigenvalue weighted by molar-refractivity contribution is 7.92. The number of anilines is 1. The van der Waals surface area contributed by atoms with E-state index in [-0.39, 0.29) is 17.1 Å². The Kier molecular flexibility index (Phi) is 9.03. The molecule has 0 amide bonds. The van der Waals surface area contributed by atoms with E-state index >= 15 is 0 Å². The van der Waals surface area contributed by atoms with Crippen LogP contribution < -0.4 is 4.90 Å². The molecule has 0 bridgehead atoms. The Morgan fingerprint density at radius 2 is 1.50 bits per heavy atom. The van der Waals surface area contributed by atoms with Gasteiger partial charge in [0.05, 0.1) is 15.8 Å². The molecule has 0 unspecified atom stereocenters. The molecule has 1 fully saturated rings. The van der Waals surface area contributed by atoms with Crippen molar-refractivity contribution in [2.75, 3.05) is 18.0 Å². The van der Waals surface area contributed by atoms with Gasteiger partial charge in [0, 0.05) is 24.0 Å². The predicted molar refractivity (Wildman–Crippen MR) is 163 cm³/mol. The van der Waals surface area contributed by atoms with Gasteiger partial charge in [-0.1, -0.05) is 91.3 Å². The van der Waals surface area contributed by atoms with Crippen molar-refractivity contribution in [1.29, 1.82) is 0 Å². The summed E-state index contributed by atoms with van der Waals surface area (Å²) in [4.78, 5) is 7.79. The third-order valence-corrected chi connectivity index (χ3v) is 11.1. The summed E-state index contributed by atoms with van der Waals surface area (Å²) in [5.41, 5.74) is 6.68. The number of nitrogens with zero attached hydrogens (tertiary/aromatic N) is 2. The van der Waals surface area contributed by atoms with Gasteiger partial charge in [-0.3, -0.25) is 0 Å². The van der Waals surface area contributed by atoms with Crippen LogP contribution in [0.15, 0.2) is 46.7 Å². The fourth-order valence-corrected chi connectivity index (χ4v) is 8.71. The highest BCUT2D eigenvalue weighted by atomic mass is 32.2. The van der Waals surface area contributed by atoms with Gasteiger partial charge >= 0.3 is 0 Å². The van der Waals surface area contributed by atoms with Crippen molar-refractivity contribution in [3.8, 4) is 11.3 Å². The summed E-state index contributed by atoms with van der Waals surface area (Å²) in [5.74, 6) is 0.671. The normalized spacial score (nSPS) is 15.3. The van der Waals surface area contributed by atoms with Crippen molar-refractivity contribution in [3.05, 3.63) is 64.0 Å². The number of aromatic nitrogens is 1. The van der Waals surface area contributed by atoms with Crippen molar-refractivity contribution >= 4 is 26.3 Å².